The monoisotopic (exact) mass is 217 g/mol. The summed E-state index contributed by atoms with van der Waals surface area (Å²) in [4.78, 5) is 0. The van der Waals surface area contributed by atoms with Gasteiger partial charge in [-0.2, -0.15) is 0 Å². The maximum Gasteiger partial charge on any atom is 0.134 e. The number of rotatable bonds is 2. The van der Waals surface area contributed by atoms with Crippen molar-refractivity contribution in [2.75, 3.05) is 0 Å². The summed E-state index contributed by atoms with van der Waals surface area (Å²) in [6.45, 7) is 8.42. The van der Waals surface area contributed by atoms with Crippen molar-refractivity contribution in [2.45, 2.75) is 33.7 Å². The quantitative estimate of drug-likeness (QED) is 0.833. The third kappa shape index (κ3) is 1.85. The van der Waals surface area contributed by atoms with Gasteiger partial charge in [0.25, 0.3) is 0 Å². The summed E-state index contributed by atoms with van der Waals surface area (Å²) in [5.74, 6) is 1.28. The van der Waals surface area contributed by atoms with Gasteiger partial charge >= 0.3 is 0 Å². The van der Waals surface area contributed by atoms with Crippen LogP contribution >= 0.6 is 0 Å². The summed E-state index contributed by atoms with van der Waals surface area (Å²) in [6, 6.07) is 6.28. The molecule has 16 heavy (non-hydrogen) atoms. The Morgan fingerprint density at radius 2 is 1.69 bits per heavy atom. The van der Waals surface area contributed by atoms with Gasteiger partial charge in [0.2, 0.25) is 0 Å². The van der Waals surface area contributed by atoms with Crippen molar-refractivity contribution in [3.05, 3.63) is 35.1 Å². The van der Waals surface area contributed by atoms with Crippen LogP contribution in [-0.4, -0.2) is 0 Å². The molecule has 0 bridgehead atoms. The average Bonchev–Trinajstić information content (AvgIpc) is 2.60. The van der Waals surface area contributed by atoms with E-state index in [1.165, 1.54) is 11.1 Å². The predicted molar refractivity (Wildman–Crippen MR) is 67.5 cm³/mol. The van der Waals surface area contributed by atoms with Crippen molar-refractivity contribution in [2.24, 2.45) is 11.7 Å². The minimum absolute atomic E-state index is 0.0204. The van der Waals surface area contributed by atoms with E-state index in [0.29, 0.717) is 5.92 Å². The van der Waals surface area contributed by atoms with Crippen molar-refractivity contribution in [3.8, 4) is 0 Å². The zero-order valence-corrected chi connectivity index (χ0v) is 10.4. The van der Waals surface area contributed by atoms with E-state index in [0.717, 1.165) is 16.7 Å². The number of furan rings is 1. The standard InChI is InChI=1S/C14H19NO/c1-8(2)14(15)13-7-11-5-9(3)10(4)6-12(11)16-13/h5-8,14H,15H2,1-4H3/t14-/m0/s1. The van der Waals surface area contributed by atoms with Crippen molar-refractivity contribution in [3.63, 3.8) is 0 Å². The highest BCUT2D eigenvalue weighted by molar-refractivity contribution is 5.79. The van der Waals surface area contributed by atoms with Crippen molar-refractivity contribution in [1.29, 1.82) is 0 Å². The summed E-state index contributed by atoms with van der Waals surface area (Å²) < 4.78 is 5.80. The summed E-state index contributed by atoms with van der Waals surface area (Å²) in [5, 5.41) is 1.15. The van der Waals surface area contributed by atoms with E-state index in [4.69, 9.17) is 10.2 Å². The van der Waals surface area contributed by atoms with Crippen LogP contribution < -0.4 is 5.73 Å². The van der Waals surface area contributed by atoms with Crippen LogP contribution in [0, 0.1) is 19.8 Å². The first-order valence-electron chi connectivity index (χ1n) is 5.75. The van der Waals surface area contributed by atoms with Gasteiger partial charge < -0.3 is 10.2 Å². The van der Waals surface area contributed by atoms with Crippen LogP contribution in [0.3, 0.4) is 0 Å². The van der Waals surface area contributed by atoms with Crippen LogP contribution in [-0.2, 0) is 0 Å². The Morgan fingerprint density at radius 3 is 2.31 bits per heavy atom. The van der Waals surface area contributed by atoms with Crippen LogP contribution in [0.25, 0.3) is 11.0 Å². The molecular weight excluding hydrogens is 198 g/mol. The third-order valence-electron chi connectivity index (χ3n) is 3.20. The molecule has 0 fully saturated rings. The van der Waals surface area contributed by atoms with Crippen LogP contribution in [0.4, 0.5) is 0 Å². The molecule has 2 aromatic rings. The molecule has 2 heteroatoms. The summed E-state index contributed by atoms with van der Waals surface area (Å²) in [5.41, 5.74) is 9.57. The molecule has 86 valence electrons. The lowest BCUT2D eigenvalue weighted by Crippen LogP contribution is -2.15. The van der Waals surface area contributed by atoms with E-state index in [1.807, 2.05) is 0 Å². The van der Waals surface area contributed by atoms with Gasteiger partial charge in [-0.05, 0) is 49.1 Å². The zero-order valence-electron chi connectivity index (χ0n) is 10.4. The van der Waals surface area contributed by atoms with E-state index in [9.17, 15) is 0 Å². The summed E-state index contributed by atoms with van der Waals surface area (Å²) in [7, 11) is 0. The van der Waals surface area contributed by atoms with Gasteiger partial charge in [-0.3, -0.25) is 0 Å². The lowest BCUT2D eigenvalue weighted by Gasteiger charge is -2.11. The Bertz CT molecular complexity index is 472. The molecule has 1 aromatic carbocycles. The number of aryl methyl sites for hydroxylation is 2. The van der Waals surface area contributed by atoms with Crippen molar-refractivity contribution >= 4 is 11.0 Å². The molecule has 0 aliphatic heterocycles. The second kappa shape index (κ2) is 3.95. The topological polar surface area (TPSA) is 39.2 Å². The highest BCUT2D eigenvalue weighted by Crippen LogP contribution is 2.28. The minimum Gasteiger partial charge on any atom is -0.459 e. The molecule has 2 nitrogen and oxygen atoms in total. The SMILES string of the molecule is Cc1cc2cc([C@@H](N)C(C)C)oc2cc1C. The van der Waals surface area contributed by atoms with E-state index in [-0.39, 0.29) is 6.04 Å². The fourth-order valence-electron chi connectivity index (χ4n) is 1.82. The van der Waals surface area contributed by atoms with Gasteiger partial charge in [0.05, 0.1) is 6.04 Å². The Balaban J connectivity index is 2.52. The molecule has 1 atom stereocenters. The molecule has 1 aromatic heterocycles. The highest BCUT2D eigenvalue weighted by atomic mass is 16.3. The van der Waals surface area contributed by atoms with Gasteiger partial charge in [-0.1, -0.05) is 13.8 Å². The van der Waals surface area contributed by atoms with E-state index in [1.54, 1.807) is 0 Å². The van der Waals surface area contributed by atoms with Crippen LogP contribution in [0.15, 0.2) is 22.6 Å². The number of hydrogen-bond acceptors (Lipinski definition) is 2. The predicted octanol–water partition coefficient (Wildman–Crippen LogP) is 3.71. The highest BCUT2D eigenvalue weighted by Gasteiger charge is 2.15. The molecule has 0 unspecified atom stereocenters. The smallest absolute Gasteiger partial charge is 0.134 e. The summed E-state index contributed by atoms with van der Waals surface area (Å²) in [6.07, 6.45) is 0. The van der Waals surface area contributed by atoms with E-state index < -0.39 is 0 Å². The van der Waals surface area contributed by atoms with E-state index in [2.05, 4.69) is 45.9 Å². The van der Waals surface area contributed by atoms with Gasteiger partial charge in [0.1, 0.15) is 11.3 Å². The van der Waals surface area contributed by atoms with Crippen LogP contribution in [0.5, 0.6) is 0 Å². The Labute approximate surface area is 96.4 Å². The molecule has 2 rings (SSSR count). The molecular formula is C14H19NO. The fourth-order valence-corrected chi connectivity index (χ4v) is 1.82. The third-order valence-corrected chi connectivity index (χ3v) is 3.20. The first-order valence-corrected chi connectivity index (χ1v) is 5.75. The van der Waals surface area contributed by atoms with Gasteiger partial charge in [-0.25, -0.2) is 0 Å². The lowest BCUT2D eigenvalue weighted by atomic mass is 10.0. The second-order valence-electron chi connectivity index (χ2n) is 4.89. The zero-order chi connectivity index (χ0) is 11.9. The van der Waals surface area contributed by atoms with Gasteiger partial charge in [0.15, 0.2) is 0 Å². The molecule has 0 aliphatic rings. The molecule has 0 spiro atoms. The number of nitrogens with two attached hydrogens (primary N) is 1. The van der Waals surface area contributed by atoms with Crippen LogP contribution in [0.2, 0.25) is 0 Å². The van der Waals surface area contributed by atoms with Crippen molar-refractivity contribution < 1.29 is 4.42 Å². The fraction of sp³-hybridized carbons (Fsp3) is 0.429. The molecule has 2 N–H and O–H groups in total. The maximum atomic E-state index is 6.08. The Morgan fingerprint density at radius 1 is 1.06 bits per heavy atom. The normalized spacial score (nSPS) is 13.6. The molecule has 0 saturated carbocycles. The summed E-state index contributed by atoms with van der Waals surface area (Å²) >= 11 is 0. The first kappa shape index (κ1) is 11.2. The average molecular weight is 217 g/mol. The van der Waals surface area contributed by atoms with Crippen LogP contribution in [0.1, 0.15) is 36.8 Å². The molecule has 0 radical (unpaired) electrons. The van der Waals surface area contributed by atoms with Crippen molar-refractivity contribution in [1.82, 2.24) is 0 Å². The molecule has 0 saturated heterocycles. The molecule has 1 heterocycles. The molecule has 0 amide bonds. The number of fused-ring (bicyclic) bond motifs is 1. The molecule has 0 aliphatic carbocycles. The number of benzene rings is 1. The Kier molecular flexibility index (Phi) is 2.76. The maximum absolute atomic E-state index is 6.08. The second-order valence-corrected chi connectivity index (χ2v) is 4.89. The largest absolute Gasteiger partial charge is 0.459 e. The van der Waals surface area contributed by atoms with Gasteiger partial charge in [-0.15, -0.1) is 0 Å². The van der Waals surface area contributed by atoms with Gasteiger partial charge in [0, 0.05) is 5.39 Å². The Hall–Kier alpha value is -1.28. The lowest BCUT2D eigenvalue weighted by molar-refractivity contribution is 0.418. The minimum atomic E-state index is -0.0204. The first-order chi connectivity index (χ1) is 7.49. The van der Waals surface area contributed by atoms with E-state index >= 15 is 0 Å². The number of hydrogen-bond donors (Lipinski definition) is 1.